The molecule has 6 heteroatoms. The Bertz CT molecular complexity index is 560. The molecule has 0 spiro atoms. The second-order valence-electron chi connectivity index (χ2n) is 5.17. The highest BCUT2D eigenvalue weighted by molar-refractivity contribution is 6.32. The number of benzene rings is 1. The third kappa shape index (κ3) is 3.29. The molecule has 2 rings (SSSR count). The summed E-state index contributed by atoms with van der Waals surface area (Å²) in [6, 6.07) is 4.57. The molecule has 1 aromatic rings. The van der Waals surface area contributed by atoms with Crippen molar-refractivity contribution in [3.63, 3.8) is 0 Å². The maximum Gasteiger partial charge on any atom is 0.252 e. The van der Waals surface area contributed by atoms with Crippen LogP contribution in [0.3, 0.4) is 0 Å². The van der Waals surface area contributed by atoms with Crippen molar-refractivity contribution in [3.8, 4) is 5.75 Å². The highest BCUT2D eigenvalue weighted by Crippen LogP contribution is 2.29. The zero-order valence-electron chi connectivity index (χ0n) is 12.4. The van der Waals surface area contributed by atoms with Gasteiger partial charge in [0.15, 0.2) is 0 Å². The lowest BCUT2D eigenvalue weighted by molar-refractivity contribution is -0.140. The standard InChI is InChI=1S/C15H19ClN2O3/c1-4-21-13-6-5-10(7-11(13)16)17-12-8-14(19)18(9(2)3)15(12)20/h5-7,9,12,17H,4,8H2,1-3H3. The van der Waals surface area contributed by atoms with Crippen molar-refractivity contribution >= 4 is 29.1 Å². The van der Waals surface area contributed by atoms with E-state index in [1.165, 1.54) is 4.90 Å². The van der Waals surface area contributed by atoms with E-state index >= 15 is 0 Å². The second kappa shape index (κ2) is 6.35. The van der Waals surface area contributed by atoms with Gasteiger partial charge in [-0.25, -0.2) is 0 Å². The van der Waals surface area contributed by atoms with Crippen LogP contribution in [0.4, 0.5) is 5.69 Å². The number of carbonyl (C=O) groups is 2. The predicted octanol–water partition coefficient (Wildman–Crippen LogP) is 2.69. The monoisotopic (exact) mass is 310 g/mol. The number of hydrogen-bond donors (Lipinski definition) is 1. The lowest BCUT2D eigenvalue weighted by Crippen LogP contribution is -2.39. The molecule has 0 saturated carbocycles. The molecule has 1 aliphatic heterocycles. The molecule has 1 atom stereocenters. The molecule has 5 nitrogen and oxygen atoms in total. The smallest absolute Gasteiger partial charge is 0.252 e. The van der Waals surface area contributed by atoms with Crippen LogP contribution in [-0.2, 0) is 9.59 Å². The van der Waals surface area contributed by atoms with E-state index in [0.29, 0.717) is 23.1 Å². The molecule has 1 fully saturated rings. The molecule has 1 aromatic carbocycles. The molecule has 2 amide bonds. The van der Waals surface area contributed by atoms with Gasteiger partial charge in [-0.05, 0) is 39.0 Å². The number of amides is 2. The van der Waals surface area contributed by atoms with Gasteiger partial charge in [0.05, 0.1) is 18.1 Å². The third-order valence-electron chi connectivity index (χ3n) is 3.27. The van der Waals surface area contributed by atoms with Crippen molar-refractivity contribution in [1.29, 1.82) is 0 Å². The molecule has 114 valence electrons. The number of imide groups is 1. The topological polar surface area (TPSA) is 58.6 Å². The second-order valence-corrected chi connectivity index (χ2v) is 5.58. The van der Waals surface area contributed by atoms with E-state index in [1.54, 1.807) is 18.2 Å². The minimum absolute atomic E-state index is 0.124. The summed E-state index contributed by atoms with van der Waals surface area (Å²) in [6.07, 6.45) is 0.168. The zero-order chi connectivity index (χ0) is 15.6. The Labute approximate surface area is 129 Å². The molecule has 1 saturated heterocycles. The van der Waals surface area contributed by atoms with E-state index in [2.05, 4.69) is 5.32 Å². The lowest BCUT2D eigenvalue weighted by Gasteiger charge is -2.19. The maximum absolute atomic E-state index is 12.2. The number of ether oxygens (including phenoxy) is 1. The number of halogens is 1. The molecule has 1 N–H and O–H groups in total. The number of carbonyl (C=O) groups excluding carboxylic acids is 2. The van der Waals surface area contributed by atoms with Gasteiger partial charge in [0, 0.05) is 11.7 Å². The number of anilines is 1. The Morgan fingerprint density at radius 1 is 1.43 bits per heavy atom. The Balaban J connectivity index is 2.11. The van der Waals surface area contributed by atoms with Gasteiger partial charge in [0.2, 0.25) is 5.91 Å². The van der Waals surface area contributed by atoms with Crippen molar-refractivity contribution in [1.82, 2.24) is 4.90 Å². The molecule has 1 aliphatic rings. The van der Waals surface area contributed by atoms with Gasteiger partial charge >= 0.3 is 0 Å². The minimum atomic E-state index is -0.533. The van der Waals surface area contributed by atoms with Crippen LogP contribution in [0.15, 0.2) is 18.2 Å². The van der Waals surface area contributed by atoms with Crippen LogP contribution in [0.25, 0.3) is 0 Å². The van der Waals surface area contributed by atoms with Crippen LogP contribution in [0, 0.1) is 0 Å². The maximum atomic E-state index is 12.2. The molecular weight excluding hydrogens is 292 g/mol. The van der Waals surface area contributed by atoms with Crippen LogP contribution < -0.4 is 10.1 Å². The van der Waals surface area contributed by atoms with E-state index in [9.17, 15) is 9.59 Å². The summed E-state index contributed by atoms with van der Waals surface area (Å²) in [7, 11) is 0. The largest absolute Gasteiger partial charge is 0.492 e. The summed E-state index contributed by atoms with van der Waals surface area (Å²) >= 11 is 6.11. The van der Waals surface area contributed by atoms with Crippen LogP contribution in [0.1, 0.15) is 27.2 Å². The molecule has 1 heterocycles. The molecule has 1 unspecified atom stereocenters. The van der Waals surface area contributed by atoms with Crippen molar-refractivity contribution < 1.29 is 14.3 Å². The van der Waals surface area contributed by atoms with Crippen LogP contribution >= 0.6 is 11.6 Å². The number of rotatable bonds is 5. The van der Waals surface area contributed by atoms with E-state index in [1.807, 2.05) is 20.8 Å². The fourth-order valence-corrected chi connectivity index (χ4v) is 2.61. The fraction of sp³-hybridized carbons (Fsp3) is 0.467. The molecular formula is C15H19ClN2O3. The van der Waals surface area contributed by atoms with E-state index in [0.717, 1.165) is 0 Å². The first-order valence-corrected chi connectivity index (χ1v) is 7.36. The number of nitrogens with zero attached hydrogens (tertiary/aromatic N) is 1. The summed E-state index contributed by atoms with van der Waals surface area (Å²) in [5.74, 6) is 0.256. The number of nitrogens with one attached hydrogen (secondary N) is 1. The summed E-state index contributed by atoms with van der Waals surface area (Å²) in [4.78, 5) is 25.4. The highest BCUT2D eigenvalue weighted by atomic mass is 35.5. The Morgan fingerprint density at radius 2 is 2.14 bits per heavy atom. The zero-order valence-corrected chi connectivity index (χ0v) is 13.1. The van der Waals surface area contributed by atoms with Crippen LogP contribution in [-0.4, -0.2) is 35.4 Å². The molecule has 0 aromatic heterocycles. The van der Waals surface area contributed by atoms with Crippen LogP contribution in [0.2, 0.25) is 5.02 Å². The first kappa shape index (κ1) is 15.6. The number of likely N-dealkylation sites (tertiary alicyclic amines) is 1. The highest BCUT2D eigenvalue weighted by Gasteiger charge is 2.39. The fourth-order valence-electron chi connectivity index (χ4n) is 2.37. The van der Waals surface area contributed by atoms with E-state index in [4.69, 9.17) is 16.3 Å². The molecule has 0 bridgehead atoms. The SMILES string of the molecule is CCOc1ccc(NC2CC(=O)N(C(C)C)C2=O)cc1Cl. The van der Waals surface area contributed by atoms with Gasteiger partial charge in [-0.1, -0.05) is 11.6 Å². The van der Waals surface area contributed by atoms with Gasteiger partial charge in [-0.15, -0.1) is 0 Å². The minimum Gasteiger partial charge on any atom is -0.492 e. The van der Waals surface area contributed by atoms with Crippen molar-refractivity contribution in [2.45, 2.75) is 39.3 Å². The van der Waals surface area contributed by atoms with E-state index in [-0.39, 0.29) is 24.3 Å². The molecule has 21 heavy (non-hydrogen) atoms. The van der Waals surface area contributed by atoms with Gasteiger partial charge in [-0.3, -0.25) is 14.5 Å². The Morgan fingerprint density at radius 3 is 2.67 bits per heavy atom. The van der Waals surface area contributed by atoms with E-state index < -0.39 is 6.04 Å². The van der Waals surface area contributed by atoms with Crippen molar-refractivity contribution in [2.75, 3.05) is 11.9 Å². The predicted molar refractivity (Wildman–Crippen MR) is 81.6 cm³/mol. The third-order valence-corrected chi connectivity index (χ3v) is 3.57. The average molecular weight is 311 g/mol. The molecule has 0 radical (unpaired) electrons. The Hall–Kier alpha value is -1.75. The van der Waals surface area contributed by atoms with Crippen molar-refractivity contribution in [3.05, 3.63) is 23.2 Å². The quantitative estimate of drug-likeness (QED) is 0.850. The summed E-state index contributed by atoms with van der Waals surface area (Å²) in [5.41, 5.74) is 0.695. The van der Waals surface area contributed by atoms with Gasteiger partial charge in [0.1, 0.15) is 11.8 Å². The first-order chi connectivity index (χ1) is 9.93. The number of hydrogen-bond acceptors (Lipinski definition) is 4. The first-order valence-electron chi connectivity index (χ1n) is 6.98. The van der Waals surface area contributed by atoms with Gasteiger partial charge in [-0.2, -0.15) is 0 Å². The van der Waals surface area contributed by atoms with Crippen LogP contribution in [0.5, 0.6) is 5.75 Å². The summed E-state index contributed by atoms with van der Waals surface area (Å²) in [5, 5.41) is 3.54. The van der Waals surface area contributed by atoms with Gasteiger partial charge < -0.3 is 10.1 Å². The normalized spacial score (nSPS) is 18.5. The van der Waals surface area contributed by atoms with Gasteiger partial charge in [0.25, 0.3) is 5.91 Å². The molecule has 0 aliphatic carbocycles. The lowest BCUT2D eigenvalue weighted by atomic mass is 10.2. The average Bonchev–Trinajstić information content (AvgIpc) is 2.68. The summed E-state index contributed by atoms with van der Waals surface area (Å²) < 4.78 is 5.36. The Kier molecular flexibility index (Phi) is 4.73. The van der Waals surface area contributed by atoms with Crippen molar-refractivity contribution in [2.24, 2.45) is 0 Å². The summed E-state index contributed by atoms with van der Waals surface area (Å²) in [6.45, 7) is 6.06.